The minimum absolute atomic E-state index is 0.393. The van der Waals surface area contributed by atoms with Crippen molar-refractivity contribution in [3.8, 4) is 0 Å². The third-order valence-electron chi connectivity index (χ3n) is 3.40. The molecule has 0 spiro atoms. The minimum Gasteiger partial charge on any atom is -0.381 e. The van der Waals surface area contributed by atoms with Crippen LogP contribution in [0.4, 0.5) is 0 Å². The Morgan fingerprint density at radius 1 is 1.30 bits per heavy atom. The van der Waals surface area contributed by atoms with Crippen LogP contribution in [-0.4, -0.2) is 22.8 Å². The molecule has 110 valence electrons. The van der Waals surface area contributed by atoms with Crippen molar-refractivity contribution in [1.82, 2.24) is 9.55 Å². The van der Waals surface area contributed by atoms with Crippen LogP contribution < -0.4 is 5.73 Å². The Morgan fingerprint density at radius 2 is 2.10 bits per heavy atom. The van der Waals surface area contributed by atoms with Crippen LogP contribution in [0.1, 0.15) is 44.6 Å². The van der Waals surface area contributed by atoms with Gasteiger partial charge in [-0.3, -0.25) is 0 Å². The Bertz CT molecular complexity index is 560. The maximum Gasteiger partial charge on any atom is 0.112 e. The van der Waals surface area contributed by atoms with Gasteiger partial charge in [-0.1, -0.05) is 13.0 Å². The Labute approximate surface area is 120 Å². The summed E-state index contributed by atoms with van der Waals surface area (Å²) in [6, 6.07) is 6.69. The van der Waals surface area contributed by atoms with Crippen LogP contribution in [0.2, 0.25) is 0 Å². The van der Waals surface area contributed by atoms with Crippen LogP contribution in [0, 0.1) is 0 Å². The van der Waals surface area contributed by atoms with Crippen LogP contribution in [0.3, 0.4) is 0 Å². The number of nitrogens with zero attached hydrogens (tertiary/aromatic N) is 2. The smallest absolute Gasteiger partial charge is 0.112 e. The Morgan fingerprint density at radius 3 is 2.75 bits per heavy atom. The molecule has 0 saturated heterocycles. The highest BCUT2D eigenvalue weighted by Crippen LogP contribution is 2.22. The molecular weight excluding hydrogens is 250 g/mol. The first kappa shape index (κ1) is 15.0. The molecule has 4 heteroatoms. The maximum atomic E-state index is 5.70. The molecule has 0 fully saturated rings. The number of ether oxygens (including phenoxy) is 1. The first-order valence-electron chi connectivity index (χ1n) is 7.45. The fourth-order valence-corrected chi connectivity index (χ4v) is 2.48. The van der Waals surface area contributed by atoms with E-state index in [1.807, 2.05) is 0 Å². The average molecular weight is 275 g/mol. The molecule has 4 nitrogen and oxygen atoms in total. The van der Waals surface area contributed by atoms with Gasteiger partial charge in [-0.25, -0.2) is 4.98 Å². The Kier molecular flexibility index (Phi) is 5.15. The van der Waals surface area contributed by atoms with Crippen LogP contribution in [0.5, 0.6) is 0 Å². The summed E-state index contributed by atoms with van der Waals surface area (Å²) in [7, 11) is 0. The van der Waals surface area contributed by atoms with Crippen LogP contribution in [-0.2, 0) is 17.7 Å². The van der Waals surface area contributed by atoms with Crippen LogP contribution in [0.15, 0.2) is 18.2 Å². The van der Waals surface area contributed by atoms with E-state index in [1.54, 1.807) is 0 Å². The molecule has 1 heterocycles. The van der Waals surface area contributed by atoms with E-state index in [4.69, 9.17) is 15.5 Å². The number of aromatic nitrogens is 2. The lowest BCUT2D eigenvalue weighted by Crippen LogP contribution is -2.09. The molecule has 1 aromatic heterocycles. The van der Waals surface area contributed by atoms with Crippen molar-refractivity contribution in [2.45, 2.75) is 46.2 Å². The SMILES string of the molecule is CCCOCCc1nc2cc(CN)ccc2n1C(C)C. The van der Waals surface area contributed by atoms with Gasteiger partial charge in [0.1, 0.15) is 5.82 Å². The van der Waals surface area contributed by atoms with Gasteiger partial charge in [0, 0.05) is 25.6 Å². The molecule has 0 amide bonds. The molecule has 0 unspecified atom stereocenters. The minimum atomic E-state index is 0.393. The molecular formula is C16H25N3O. The van der Waals surface area contributed by atoms with E-state index in [0.29, 0.717) is 12.6 Å². The second-order valence-corrected chi connectivity index (χ2v) is 5.38. The summed E-state index contributed by atoms with van der Waals surface area (Å²) in [5.74, 6) is 1.10. The van der Waals surface area contributed by atoms with Gasteiger partial charge in [0.2, 0.25) is 0 Å². The van der Waals surface area contributed by atoms with Gasteiger partial charge in [-0.05, 0) is 38.0 Å². The van der Waals surface area contributed by atoms with E-state index in [2.05, 4.69) is 43.5 Å². The summed E-state index contributed by atoms with van der Waals surface area (Å²) >= 11 is 0. The molecule has 2 rings (SSSR count). The number of imidazole rings is 1. The highest BCUT2D eigenvalue weighted by atomic mass is 16.5. The molecule has 0 aliphatic carbocycles. The van der Waals surface area contributed by atoms with Gasteiger partial charge < -0.3 is 15.0 Å². The van der Waals surface area contributed by atoms with Crippen molar-refractivity contribution >= 4 is 11.0 Å². The van der Waals surface area contributed by atoms with Crippen molar-refractivity contribution < 1.29 is 4.74 Å². The summed E-state index contributed by atoms with van der Waals surface area (Å²) < 4.78 is 7.89. The zero-order valence-electron chi connectivity index (χ0n) is 12.7. The molecule has 0 aliphatic heterocycles. The standard InChI is InChI=1S/C16H25N3O/c1-4-8-20-9-7-16-18-14-10-13(11-17)5-6-15(14)19(16)12(2)3/h5-6,10,12H,4,7-9,11,17H2,1-3H3. The Balaban J connectivity index is 2.29. The molecule has 1 aromatic carbocycles. The lowest BCUT2D eigenvalue weighted by atomic mass is 10.2. The molecule has 2 aromatic rings. The number of benzene rings is 1. The van der Waals surface area contributed by atoms with E-state index >= 15 is 0 Å². The highest BCUT2D eigenvalue weighted by Gasteiger charge is 2.13. The zero-order chi connectivity index (χ0) is 14.5. The predicted octanol–water partition coefficient (Wildman–Crippen LogP) is 3.05. The lowest BCUT2D eigenvalue weighted by Gasteiger charge is -2.13. The number of rotatable bonds is 7. The van der Waals surface area contributed by atoms with E-state index < -0.39 is 0 Å². The van der Waals surface area contributed by atoms with E-state index in [1.165, 1.54) is 5.52 Å². The maximum absolute atomic E-state index is 5.70. The summed E-state index contributed by atoms with van der Waals surface area (Å²) in [6.45, 7) is 8.60. The predicted molar refractivity (Wildman–Crippen MR) is 82.8 cm³/mol. The second-order valence-electron chi connectivity index (χ2n) is 5.38. The molecule has 2 N–H and O–H groups in total. The number of hydrogen-bond acceptors (Lipinski definition) is 3. The van der Waals surface area contributed by atoms with E-state index in [9.17, 15) is 0 Å². The zero-order valence-corrected chi connectivity index (χ0v) is 12.7. The normalized spacial score (nSPS) is 11.7. The van der Waals surface area contributed by atoms with Crippen molar-refractivity contribution in [3.63, 3.8) is 0 Å². The van der Waals surface area contributed by atoms with Crippen LogP contribution >= 0.6 is 0 Å². The summed E-state index contributed by atoms with van der Waals surface area (Å²) in [4.78, 5) is 4.77. The third kappa shape index (κ3) is 3.19. The fraction of sp³-hybridized carbons (Fsp3) is 0.562. The third-order valence-corrected chi connectivity index (χ3v) is 3.40. The molecule has 0 aliphatic rings. The van der Waals surface area contributed by atoms with E-state index in [0.717, 1.165) is 43.0 Å². The number of hydrogen-bond donors (Lipinski definition) is 1. The van der Waals surface area contributed by atoms with Gasteiger partial charge in [-0.2, -0.15) is 0 Å². The summed E-state index contributed by atoms with van der Waals surface area (Å²) in [5, 5.41) is 0. The van der Waals surface area contributed by atoms with Gasteiger partial charge in [0.05, 0.1) is 17.6 Å². The molecule has 0 saturated carbocycles. The average Bonchev–Trinajstić information content (AvgIpc) is 2.80. The van der Waals surface area contributed by atoms with Gasteiger partial charge in [-0.15, -0.1) is 0 Å². The van der Waals surface area contributed by atoms with Gasteiger partial charge in [0.15, 0.2) is 0 Å². The molecule has 0 radical (unpaired) electrons. The van der Waals surface area contributed by atoms with Gasteiger partial charge >= 0.3 is 0 Å². The monoisotopic (exact) mass is 275 g/mol. The first-order chi connectivity index (χ1) is 9.67. The number of nitrogens with two attached hydrogens (primary N) is 1. The molecule has 20 heavy (non-hydrogen) atoms. The van der Waals surface area contributed by atoms with Gasteiger partial charge in [0.25, 0.3) is 0 Å². The van der Waals surface area contributed by atoms with E-state index in [-0.39, 0.29) is 0 Å². The van der Waals surface area contributed by atoms with Crippen LogP contribution in [0.25, 0.3) is 11.0 Å². The molecule has 0 atom stereocenters. The first-order valence-corrected chi connectivity index (χ1v) is 7.45. The van der Waals surface area contributed by atoms with Crippen molar-refractivity contribution in [2.75, 3.05) is 13.2 Å². The van der Waals surface area contributed by atoms with Crippen molar-refractivity contribution in [1.29, 1.82) is 0 Å². The summed E-state index contributed by atoms with van der Waals surface area (Å²) in [6.07, 6.45) is 1.91. The largest absolute Gasteiger partial charge is 0.381 e. The highest BCUT2D eigenvalue weighted by molar-refractivity contribution is 5.77. The number of fused-ring (bicyclic) bond motifs is 1. The van der Waals surface area contributed by atoms with Crippen molar-refractivity contribution in [2.24, 2.45) is 5.73 Å². The summed E-state index contributed by atoms with van der Waals surface area (Å²) in [5.41, 5.74) is 9.05. The quantitative estimate of drug-likeness (QED) is 0.790. The van der Waals surface area contributed by atoms with Crippen molar-refractivity contribution in [3.05, 3.63) is 29.6 Å². The molecule has 0 bridgehead atoms. The lowest BCUT2D eigenvalue weighted by molar-refractivity contribution is 0.136. The topological polar surface area (TPSA) is 53.1 Å². The Hall–Kier alpha value is -1.39. The fourth-order valence-electron chi connectivity index (χ4n) is 2.48. The second kappa shape index (κ2) is 6.86.